The molecule has 1 aromatic rings. The summed E-state index contributed by atoms with van der Waals surface area (Å²) in [6, 6.07) is 5.12. The molecule has 1 aliphatic carbocycles. The van der Waals surface area contributed by atoms with Crippen LogP contribution in [0.15, 0.2) is 30.0 Å². The first-order valence-corrected chi connectivity index (χ1v) is 8.15. The van der Waals surface area contributed by atoms with Gasteiger partial charge in [0.25, 0.3) is 0 Å². The Morgan fingerprint density at radius 3 is 2.76 bits per heavy atom. The van der Waals surface area contributed by atoms with Crippen LogP contribution in [0.5, 0.6) is 0 Å². The normalized spacial score (nSPS) is 19.6. The molecule has 1 fully saturated rings. The van der Waals surface area contributed by atoms with E-state index in [4.69, 9.17) is 0 Å². The van der Waals surface area contributed by atoms with E-state index in [1.165, 1.54) is 24.9 Å². The molecule has 1 aromatic heterocycles. The molecule has 0 atom stereocenters. The average Bonchev–Trinajstić information content (AvgIpc) is 3.29. The zero-order valence-electron chi connectivity index (χ0n) is 13.5. The number of nitrogens with zero attached hydrogens (tertiary/aromatic N) is 2. The molecule has 2 heterocycles. The largest absolute Gasteiger partial charge is 0.367 e. The Balaban J connectivity index is 1.64. The second-order valence-electron chi connectivity index (χ2n) is 7.34. The van der Waals surface area contributed by atoms with Crippen molar-refractivity contribution in [2.75, 3.05) is 18.0 Å². The summed E-state index contributed by atoms with van der Waals surface area (Å²) in [5.41, 5.74) is 4.36. The zero-order valence-corrected chi connectivity index (χ0v) is 13.5. The lowest BCUT2D eigenvalue weighted by Crippen LogP contribution is -2.31. The van der Waals surface area contributed by atoms with Crippen molar-refractivity contribution >= 4 is 5.69 Å². The van der Waals surface area contributed by atoms with E-state index < -0.39 is 0 Å². The Morgan fingerprint density at radius 2 is 2.14 bits per heavy atom. The van der Waals surface area contributed by atoms with Gasteiger partial charge in [-0.1, -0.05) is 32.4 Å². The van der Waals surface area contributed by atoms with Gasteiger partial charge in [0.05, 0.1) is 5.69 Å². The van der Waals surface area contributed by atoms with E-state index >= 15 is 0 Å². The molecular formula is C18H27N3. The van der Waals surface area contributed by atoms with Crippen LogP contribution in [0.4, 0.5) is 5.69 Å². The minimum atomic E-state index is 0.309. The van der Waals surface area contributed by atoms with Crippen LogP contribution >= 0.6 is 0 Å². The first kappa shape index (κ1) is 14.6. The van der Waals surface area contributed by atoms with Crippen LogP contribution in [0.1, 0.15) is 45.7 Å². The summed E-state index contributed by atoms with van der Waals surface area (Å²) in [4.78, 5) is 6.94. The average molecular weight is 285 g/mol. The van der Waals surface area contributed by atoms with Crippen molar-refractivity contribution in [3.63, 3.8) is 0 Å². The number of nitrogens with one attached hydrogen (secondary N) is 1. The van der Waals surface area contributed by atoms with Gasteiger partial charge in [-0.3, -0.25) is 4.98 Å². The number of hydrogen-bond acceptors (Lipinski definition) is 3. The molecule has 0 radical (unpaired) electrons. The van der Waals surface area contributed by atoms with E-state index in [0.29, 0.717) is 5.41 Å². The van der Waals surface area contributed by atoms with Gasteiger partial charge in [-0.25, -0.2) is 0 Å². The van der Waals surface area contributed by atoms with Gasteiger partial charge in [0.2, 0.25) is 0 Å². The summed E-state index contributed by atoms with van der Waals surface area (Å²) in [7, 11) is 0. The van der Waals surface area contributed by atoms with Crippen LogP contribution < -0.4 is 10.2 Å². The first-order chi connectivity index (χ1) is 10.0. The van der Waals surface area contributed by atoms with Gasteiger partial charge >= 0.3 is 0 Å². The summed E-state index contributed by atoms with van der Waals surface area (Å²) in [5.74, 6) is 0. The van der Waals surface area contributed by atoms with Gasteiger partial charge in [-0.2, -0.15) is 0 Å². The van der Waals surface area contributed by atoms with Gasteiger partial charge < -0.3 is 10.2 Å². The molecule has 0 aromatic carbocycles. The Bertz CT molecular complexity index is 524. The molecule has 3 nitrogen and oxygen atoms in total. The molecule has 1 aliphatic heterocycles. The van der Waals surface area contributed by atoms with Gasteiger partial charge in [-0.15, -0.1) is 0 Å². The fraction of sp³-hybridized carbons (Fsp3) is 0.611. The Labute approximate surface area is 128 Å². The highest BCUT2D eigenvalue weighted by molar-refractivity contribution is 5.48. The minimum Gasteiger partial charge on any atom is -0.367 e. The maximum absolute atomic E-state index is 4.48. The van der Waals surface area contributed by atoms with Crippen molar-refractivity contribution in [2.45, 2.75) is 52.6 Å². The van der Waals surface area contributed by atoms with Crippen molar-refractivity contribution in [2.24, 2.45) is 5.41 Å². The number of hydrogen-bond donors (Lipinski definition) is 1. The minimum absolute atomic E-state index is 0.309. The number of aromatic nitrogens is 1. The van der Waals surface area contributed by atoms with Crippen LogP contribution in [0.25, 0.3) is 0 Å². The first-order valence-electron chi connectivity index (χ1n) is 8.15. The van der Waals surface area contributed by atoms with Gasteiger partial charge in [0.1, 0.15) is 0 Å². The predicted molar refractivity (Wildman–Crippen MR) is 88.5 cm³/mol. The van der Waals surface area contributed by atoms with Crippen molar-refractivity contribution in [1.82, 2.24) is 10.3 Å². The molecule has 3 rings (SSSR count). The van der Waals surface area contributed by atoms with Crippen molar-refractivity contribution in [1.29, 1.82) is 0 Å². The third-order valence-corrected chi connectivity index (χ3v) is 4.49. The molecule has 0 saturated heterocycles. The third-order valence-electron chi connectivity index (χ3n) is 4.49. The monoisotopic (exact) mass is 285 g/mol. The Morgan fingerprint density at radius 1 is 1.33 bits per heavy atom. The maximum Gasteiger partial charge on any atom is 0.0562 e. The summed E-state index contributed by atoms with van der Waals surface area (Å²) in [6.07, 6.45) is 8.17. The lowest BCUT2D eigenvalue weighted by molar-refractivity contribution is 0.472. The van der Waals surface area contributed by atoms with Crippen LogP contribution in [0, 0.1) is 5.41 Å². The molecule has 0 unspecified atom stereocenters. The van der Waals surface area contributed by atoms with E-state index in [-0.39, 0.29) is 0 Å². The molecule has 114 valence electrons. The zero-order chi connectivity index (χ0) is 14.9. The molecule has 1 N–H and O–H groups in total. The Hall–Kier alpha value is -1.35. The Kier molecular flexibility index (Phi) is 4.03. The van der Waals surface area contributed by atoms with Crippen LogP contribution in [0.2, 0.25) is 0 Å². The maximum atomic E-state index is 4.48. The van der Waals surface area contributed by atoms with Crippen molar-refractivity contribution in [3.05, 3.63) is 35.7 Å². The second-order valence-corrected chi connectivity index (χ2v) is 7.34. The van der Waals surface area contributed by atoms with E-state index in [1.54, 1.807) is 5.57 Å². The van der Waals surface area contributed by atoms with Gasteiger partial charge in [0.15, 0.2) is 0 Å². The molecule has 0 spiro atoms. The van der Waals surface area contributed by atoms with E-state index in [1.807, 2.05) is 6.20 Å². The van der Waals surface area contributed by atoms with Crippen molar-refractivity contribution in [3.8, 4) is 0 Å². The quantitative estimate of drug-likeness (QED) is 0.858. The van der Waals surface area contributed by atoms with Crippen LogP contribution in [0.3, 0.4) is 0 Å². The highest BCUT2D eigenvalue weighted by Crippen LogP contribution is 2.31. The lowest BCUT2D eigenvalue weighted by atomic mass is 9.83. The number of pyridine rings is 1. The van der Waals surface area contributed by atoms with E-state index in [2.05, 4.69) is 54.2 Å². The van der Waals surface area contributed by atoms with Gasteiger partial charge in [-0.05, 0) is 36.8 Å². The third kappa shape index (κ3) is 3.85. The fourth-order valence-electron chi connectivity index (χ4n) is 2.88. The smallest absolute Gasteiger partial charge is 0.0562 e. The molecule has 3 heteroatoms. The molecule has 2 aliphatic rings. The molecule has 21 heavy (non-hydrogen) atoms. The second kappa shape index (κ2) is 5.80. The molecule has 0 amide bonds. The topological polar surface area (TPSA) is 28.2 Å². The molecule has 1 saturated carbocycles. The fourth-order valence-corrected chi connectivity index (χ4v) is 2.88. The summed E-state index contributed by atoms with van der Waals surface area (Å²) >= 11 is 0. The number of anilines is 1. The molecule has 0 bridgehead atoms. The number of rotatable bonds is 4. The highest BCUT2D eigenvalue weighted by Gasteiger charge is 2.22. The standard InChI is InChI=1S/C18H27N3/c1-18(2,3)14-7-10-21(11-8-14)17-6-9-19-16(12-17)13-20-15-4-5-15/h6-7,9,12,15,20H,4-5,8,10-11,13H2,1-3H3. The van der Waals surface area contributed by atoms with Crippen LogP contribution in [-0.2, 0) is 6.54 Å². The summed E-state index contributed by atoms with van der Waals surface area (Å²) in [5, 5.41) is 3.54. The van der Waals surface area contributed by atoms with Gasteiger partial charge in [0, 0.05) is 37.6 Å². The van der Waals surface area contributed by atoms with Crippen LogP contribution in [-0.4, -0.2) is 24.1 Å². The predicted octanol–water partition coefficient (Wildman–Crippen LogP) is 3.52. The highest BCUT2D eigenvalue weighted by atomic mass is 15.1. The molecular weight excluding hydrogens is 258 g/mol. The lowest BCUT2D eigenvalue weighted by Gasteiger charge is -2.33. The van der Waals surface area contributed by atoms with E-state index in [9.17, 15) is 0 Å². The summed E-state index contributed by atoms with van der Waals surface area (Å²) < 4.78 is 0. The SMILES string of the molecule is CC(C)(C)C1=CCN(c2ccnc(CNC3CC3)c2)CC1. The van der Waals surface area contributed by atoms with Crippen molar-refractivity contribution < 1.29 is 0 Å². The summed E-state index contributed by atoms with van der Waals surface area (Å²) in [6.45, 7) is 9.96. The van der Waals surface area contributed by atoms with E-state index in [0.717, 1.165) is 31.4 Å².